The van der Waals surface area contributed by atoms with Crippen LogP contribution in [-0.4, -0.2) is 23.4 Å². The molecule has 0 fully saturated rings. The van der Waals surface area contributed by atoms with E-state index in [9.17, 15) is 9.18 Å². The molecule has 0 aliphatic rings. The number of benzene rings is 1. The summed E-state index contributed by atoms with van der Waals surface area (Å²) in [5, 5.41) is 0.744. The summed E-state index contributed by atoms with van der Waals surface area (Å²) in [4.78, 5) is 12.1. The van der Waals surface area contributed by atoms with Crippen LogP contribution in [0.1, 0.15) is 26.5 Å². The van der Waals surface area contributed by atoms with Crippen molar-refractivity contribution in [2.24, 2.45) is 0 Å². The summed E-state index contributed by atoms with van der Waals surface area (Å²) in [6.45, 7) is 7.50. The van der Waals surface area contributed by atoms with E-state index in [0.29, 0.717) is 17.8 Å². The van der Waals surface area contributed by atoms with Gasteiger partial charge in [0.05, 0.1) is 18.2 Å². The number of carbonyl (C=O) groups excluding carboxylic acids is 1. The molecule has 0 radical (unpaired) electrons. The van der Waals surface area contributed by atoms with E-state index < -0.39 is 11.9 Å². The van der Waals surface area contributed by atoms with Crippen LogP contribution in [0, 0.1) is 12.7 Å². The first-order valence-corrected chi connectivity index (χ1v) is 6.59. The Hall–Kier alpha value is -2.04. The Labute approximate surface area is 117 Å². The van der Waals surface area contributed by atoms with Gasteiger partial charge in [0.15, 0.2) is 11.6 Å². The van der Waals surface area contributed by atoms with Crippen molar-refractivity contribution in [3.8, 4) is 5.75 Å². The fraction of sp³-hybridized carbons (Fsp3) is 0.400. The molecular formula is C15H18FNO3. The Morgan fingerprint density at radius 2 is 2.05 bits per heavy atom. The van der Waals surface area contributed by atoms with Crippen LogP contribution in [-0.2, 0) is 4.74 Å². The highest BCUT2D eigenvalue weighted by Gasteiger charge is 2.17. The van der Waals surface area contributed by atoms with Crippen LogP contribution in [0.25, 0.3) is 10.9 Å². The molecule has 5 heteroatoms. The maximum Gasteiger partial charge on any atom is 0.418 e. The first-order chi connectivity index (χ1) is 9.43. The Morgan fingerprint density at radius 3 is 2.65 bits per heavy atom. The Balaban J connectivity index is 2.54. The first-order valence-electron chi connectivity index (χ1n) is 6.59. The number of aromatic nitrogens is 1. The largest absolute Gasteiger partial charge is 0.491 e. The van der Waals surface area contributed by atoms with Crippen LogP contribution in [0.5, 0.6) is 5.75 Å². The van der Waals surface area contributed by atoms with E-state index >= 15 is 0 Å². The molecule has 1 aromatic heterocycles. The lowest BCUT2D eigenvalue weighted by atomic mass is 10.2. The lowest BCUT2D eigenvalue weighted by Gasteiger charge is -2.11. The topological polar surface area (TPSA) is 40.5 Å². The van der Waals surface area contributed by atoms with E-state index in [0.717, 1.165) is 5.39 Å². The number of hydrogen-bond donors (Lipinski definition) is 0. The molecule has 0 unspecified atom stereocenters. The number of carbonyl (C=O) groups is 1. The standard InChI is InChI=1S/C15H18FNO3/c1-5-19-14-7-11-6-10(4)17(13(11)8-12(14)16)15(18)20-9(2)3/h6-9H,5H2,1-4H3. The molecule has 1 aromatic carbocycles. The molecule has 0 atom stereocenters. The Bertz CT molecular complexity index is 646. The number of fused-ring (bicyclic) bond motifs is 1. The highest BCUT2D eigenvalue weighted by Crippen LogP contribution is 2.28. The molecule has 0 aliphatic heterocycles. The van der Waals surface area contributed by atoms with Gasteiger partial charge in [0.1, 0.15) is 0 Å². The summed E-state index contributed by atoms with van der Waals surface area (Å²) in [5.41, 5.74) is 1.17. The molecule has 4 nitrogen and oxygen atoms in total. The molecule has 0 amide bonds. The number of halogens is 1. The van der Waals surface area contributed by atoms with Crippen molar-refractivity contribution >= 4 is 17.0 Å². The average molecular weight is 279 g/mol. The van der Waals surface area contributed by atoms with Gasteiger partial charge in [-0.3, -0.25) is 0 Å². The van der Waals surface area contributed by atoms with Crippen molar-refractivity contribution in [3.05, 3.63) is 29.7 Å². The fourth-order valence-corrected chi connectivity index (χ4v) is 2.11. The third-order valence-corrected chi connectivity index (χ3v) is 2.86. The van der Waals surface area contributed by atoms with E-state index in [4.69, 9.17) is 9.47 Å². The van der Waals surface area contributed by atoms with Gasteiger partial charge in [0.2, 0.25) is 0 Å². The van der Waals surface area contributed by atoms with E-state index in [1.807, 2.05) is 0 Å². The number of nitrogens with zero attached hydrogens (tertiary/aromatic N) is 1. The van der Waals surface area contributed by atoms with Crippen molar-refractivity contribution in [2.45, 2.75) is 33.8 Å². The van der Waals surface area contributed by atoms with E-state index in [1.165, 1.54) is 10.6 Å². The van der Waals surface area contributed by atoms with Crippen molar-refractivity contribution in [1.82, 2.24) is 4.57 Å². The van der Waals surface area contributed by atoms with E-state index in [-0.39, 0.29) is 11.9 Å². The highest BCUT2D eigenvalue weighted by molar-refractivity contribution is 5.91. The minimum Gasteiger partial charge on any atom is -0.491 e. The quantitative estimate of drug-likeness (QED) is 0.856. The second-order valence-corrected chi connectivity index (χ2v) is 4.83. The number of ether oxygens (including phenoxy) is 2. The normalized spacial score (nSPS) is 11.1. The molecule has 0 bridgehead atoms. The van der Waals surface area contributed by atoms with Crippen molar-refractivity contribution in [3.63, 3.8) is 0 Å². The third-order valence-electron chi connectivity index (χ3n) is 2.86. The Kier molecular flexibility index (Phi) is 3.97. The fourth-order valence-electron chi connectivity index (χ4n) is 2.11. The molecule has 2 rings (SSSR count). The SMILES string of the molecule is CCOc1cc2cc(C)n(C(=O)OC(C)C)c2cc1F. The first kappa shape index (κ1) is 14.4. The summed E-state index contributed by atoms with van der Waals surface area (Å²) in [6.07, 6.45) is -0.733. The van der Waals surface area contributed by atoms with Gasteiger partial charge in [0.25, 0.3) is 0 Å². The number of aryl methyl sites for hydroxylation is 1. The van der Waals surface area contributed by atoms with Crippen LogP contribution in [0.15, 0.2) is 18.2 Å². The van der Waals surface area contributed by atoms with Crippen LogP contribution in [0.2, 0.25) is 0 Å². The molecule has 0 saturated heterocycles. The summed E-state index contributed by atoms with van der Waals surface area (Å²) < 4.78 is 25.7. The second kappa shape index (κ2) is 5.53. The minimum absolute atomic E-state index is 0.189. The predicted octanol–water partition coefficient (Wildman–Crippen LogP) is 3.88. The summed E-state index contributed by atoms with van der Waals surface area (Å²) in [7, 11) is 0. The van der Waals surface area contributed by atoms with E-state index in [2.05, 4.69) is 0 Å². The van der Waals surface area contributed by atoms with Gasteiger partial charge in [-0.25, -0.2) is 13.8 Å². The zero-order valence-electron chi connectivity index (χ0n) is 12.1. The van der Waals surface area contributed by atoms with Gasteiger partial charge in [0, 0.05) is 17.1 Å². The van der Waals surface area contributed by atoms with Gasteiger partial charge in [-0.2, -0.15) is 0 Å². The maximum absolute atomic E-state index is 13.9. The molecule has 0 N–H and O–H groups in total. The van der Waals surface area contributed by atoms with Crippen LogP contribution in [0.3, 0.4) is 0 Å². The molecule has 0 aliphatic carbocycles. The van der Waals surface area contributed by atoms with Gasteiger partial charge < -0.3 is 9.47 Å². The minimum atomic E-state index is -0.504. The van der Waals surface area contributed by atoms with Crippen molar-refractivity contribution in [1.29, 1.82) is 0 Å². The van der Waals surface area contributed by atoms with Gasteiger partial charge in [-0.15, -0.1) is 0 Å². The van der Waals surface area contributed by atoms with Gasteiger partial charge in [-0.1, -0.05) is 0 Å². The third kappa shape index (κ3) is 2.61. The molecular weight excluding hydrogens is 261 g/mol. The van der Waals surface area contributed by atoms with E-state index in [1.54, 1.807) is 39.8 Å². The molecule has 0 spiro atoms. The molecule has 0 saturated carbocycles. The van der Waals surface area contributed by atoms with Crippen LogP contribution < -0.4 is 4.74 Å². The zero-order chi connectivity index (χ0) is 14.9. The summed E-state index contributed by atoms with van der Waals surface area (Å²) in [6, 6.07) is 4.70. The number of rotatable bonds is 3. The monoisotopic (exact) mass is 279 g/mol. The van der Waals surface area contributed by atoms with Gasteiger partial charge >= 0.3 is 6.09 Å². The lowest BCUT2D eigenvalue weighted by Crippen LogP contribution is -2.18. The smallest absolute Gasteiger partial charge is 0.418 e. The molecule has 108 valence electrons. The maximum atomic E-state index is 13.9. The molecule has 2 aromatic rings. The van der Waals surface area contributed by atoms with Crippen LogP contribution >= 0.6 is 0 Å². The lowest BCUT2D eigenvalue weighted by molar-refractivity contribution is 0.117. The molecule has 1 heterocycles. The highest BCUT2D eigenvalue weighted by atomic mass is 19.1. The van der Waals surface area contributed by atoms with Crippen molar-refractivity contribution < 1.29 is 18.7 Å². The summed E-state index contributed by atoms with van der Waals surface area (Å²) in [5.74, 6) is -0.301. The van der Waals surface area contributed by atoms with Gasteiger partial charge in [-0.05, 0) is 39.8 Å². The molecule has 20 heavy (non-hydrogen) atoms. The average Bonchev–Trinajstić information content (AvgIpc) is 2.64. The summed E-state index contributed by atoms with van der Waals surface area (Å²) >= 11 is 0. The number of hydrogen-bond acceptors (Lipinski definition) is 3. The Morgan fingerprint density at radius 1 is 1.35 bits per heavy atom. The van der Waals surface area contributed by atoms with Crippen LogP contribution in [0.4, 0.5) is 9.18 Å². The second-order valence-electron chi connectivity index (χ2n) is 4.83. The zero-order valence-corrected chi connectivity index (χ0v) is 12.1. The predicted molar refractivity (Wildman–Crippen MR) is 74.8 cm³/mol. The van der Waals surface area contributed by atoms with Crippen molar-refractivity contribution in [2.75, 3.05) is 6.61 Å².